The Morgan fingerprint density at radius 1 is 1.00 bits per heavy atom. The molecule has 2 aromatic carbocycles. The fraction of sp³-hybridized carbons (Fsp3) is 0.273. The van der Waals surface area contributed by atoms with Crippen LogP contribution >= 0.6 is 0 Å². The quantitative estimate of drug-likeness (QED) is 0.614. The van der Waals surface area contributed by atoms with E-state index < -0.39 is 6.10 Å². The van der Waals surface area contributed by atoms with Gasteiger partial charge in [0.1, 0.15) is 17.6 Å². The van der Waals surface area contributed by atoms with Gasteiger partial charge in [0, 0.05) is 5.56 Å². The zero-order valence-electron chi connectivity index (χ0n) is 14.7. The van der Waals surface area contributed by atoms with Gasteiger partial charge in [-0.1, -0.05) is 59.7 Å². The molecule has 2 rings (SSSR count). The second kappa shape index (κ2) is 9.09. The highest BCUT2D eigenvalue weighted by atomic mass is 16.5. The van der Waals surface area contributed by atoms with E-state index in [2.05, 4.69) is 26.8 Å². The minimum atomic E-state index is -0.670. The Bertz CT molecular complexity index is 695. The third kappa shape index (κ3) is 5.71. The smallest absolute Gasteiger partial charge is 0.133 e. The van der Waals surface area contributed by atoms with Crippen molar-refractivity contribution in [3.8, 4) is 11.5 Å². The second-order valence-corrected chi connectivity index (χ2v) is 6.23. The van der Waals surface area contributed by atoms with Crippen LogP contribution in [0.5, 0.6) is 11.5 Å². The largest absolute Gasteiger partial charge is 0.457 e. The molecule has 0 bridgehead atoms. The van der Waals surface area contributed by atoms with Crippen molar-refractivity contribution in [3.63, 3.8) is 0 Å². The molecule has 2 nitrogen and oxygen atoms in total. The molecule has 126 valence electrons. The van der Waals surface area contributed by atoms with Crippen molar-refractivity contribution in [1.29, 1.82) is 0 Å². The molecule has 24 heavy (non-hydrogen) atoms. The van der Waals surface area contributed by atoms with Gasteiger partial charge in [0.25, 0.3) is 0 Å². The first-order valence-electron chi connectivity index (χ1n) is 8.37. The van der Waals surface area contributed by atoms with Crippen LogP contribution in [0.25, 0.3) is 0 Å². The van der Waals surface area contributed by atoms with E-state index in [1.807, 2.05) is 60.7 Å². The summed E-state index contributed by atoms with van der Waals surface area (Å²) in [6.45, 7) is 6.26. The molecule has 2 heteroatoms. The molecule has 1 atom stereocenters. The zero-order valence-corrected chi connectivity index (χ0v) is 14.7. The van der Waals surface area contributed by atoms with Crippen LogP contribution in [-0.2, 0) is 0 Å². The van der Waals surface area contributed by atoms with E-state index in [0.717, 1.165) is 24.2 Å². The lowest BCUT2D eigenvalue weighted by atomic mass is 10.0. The highest BCUT2D eigenvalue weighted by molar-refractivity contribution is 5.40. The minimum absolute atomic E-state index is 0.670. The fourth-order valence-electron chi connectivity index (χ4n) is 2.46. The third-order valence-corrected chi connectivity index (χ3v) is 3.74. The number of ether oxygens (including phenoxy) is 1. The third-order valence-electron chi connectivity index (χ3n) is 3.74. The SMILES string of the molecule is CC(C)=CCC/C(C)=C/C(O)c1ccccc1Oc1ccccc1. The molecule has 0 heterocycles. The molecule has 0 saturated heterocycles. The van der Waals surface area contributed by atoms with Gasteiger partial charge in [-0.3, -0.25) is 0 Å². The van der Waals surface area contributed by atoms with Gasteiger partial charge in [-0.25, -0.2) is 0 Å². The predicted molar refractivity (Wildman–Crippen MR) is 100 cm³/mol. The maximum Gasteiger partial charge on any atom is 0.133 e. The Hall–Kier alpha value is -2.32. The number of para-hydroxylation sites is 2. The van der Waals surface area contributed by atoms with Crippen LogP contribution in [0.1, 0.15) is 45.3 Å². The average Bonchev–Trinajstić information content (AvgIpc) is 2.56. The van der Waals surface area contributed by atoms with E-state index in [4.69, 9.17) is 4.74 Å². The molecular weight excluding hydrogens is 296 g/mol. The van der Waals surface area contributed by atoms with E-state index in [1.54, 1.807) is 0 Å². The predicted octanol–water partition coefficient (Wildman–Crippen LogP) is 6.21. The second-order valence-electron chi connectivity index (χ2n) is 6.23. The van der Waals surface area contributed by atoms with E-state index in [1.165, 1.54) is 11.1 Å². The van der Waals surface area contributed by atoms with E-state index in [-0.39, 0.29) is 0 Å². The van der Waals surface area contributed by atoms with Crippen molar-refractivity contribution in [2.24, 2.45) is 0 Å². The highest BCUT2D eigenvalue weighted by Gasteiger charge is 2.11. The summed E-state index contributed by atoms with van der Waals surface area (Å²) in [5, 5.41) is 10.6. The molecule has 0 saturated carbocycles. The van der Waals surface area contributed by atoms with Gasteiger partial charge in [0.2, 0.25) is 0 Å². The summed E-state index contributed by atoms with van der Waals surface area (Å²) >= 11 is 0. The number of hydrogen-bond donors (Lipinski definition) is 1. The van der Waals surface area contributed by atoms with Crippen LogP contribution in [-0.4, -0.2) is 5.11 Å². The number of benzene rings is 2. The summed E-state index contributed by atoms with van der Waals surface area (Å²) in [5.41, 5.74) is 3.28. The monoisotopic (exact) mass is 322 g/mol. The Labute approximate surface area is 145 Å². The molecule has 0 aromatic heterocycles. The maximum absolute atomic E-state index is 10.6. The van der Waals surface area contributed by atoms with E-state index in [9.17, 15) is 5.11 Å². The molecule has 0 radical (unpaired) electrons. The number of aliphatic hydroxyl groups is 1. The molecule has 0 spiro atoms. The Morgan fingerprint density at radius 2 is 1.67 bits per heavy atom. The minimum Gasteiger partial charge on any atom is -0.457 e. The number of rotatable bonds is 7. The van der Waals surface area contributed by atoms with Crippen molar-refractivity contribution in [2.75, 3.05) is 0 Å². The standard InChI is InChI=1S/C22H26O2/c1-17(2)10-9-11-18(3)16-21(23)20-14-7-8-15-22(20)24-19-12-5-4-6-13-19/h4-8,10,12-16,21,23H,9,11H2,1-3H3/b18-16+. The van der Waals surface area contributed by atoms with Crippen molar-refractivity contribution in [1.82, 2.24) is 0 Å². The number of allylic oxidation sites excluding steroid dienone is 3. The van der Waals surface area contributed by atoms with Gasteiger partial charge in [0.15, 0.2) is 0 Å². The zero-order chi connectivity index (χ0) is 17.4. The summed E-state index contributed by atoms with van der Waals surface area (Å²) in [5.74, 6) is 1.45. The molecule has 0 fully saturated rings. The topological polar surface area (TPSA) is 29.5 Å². The van der Waals surface area contributed by atoms with Crippen molar-refractivity contribution in [3.05, 3.63) is 83.5 Å². The summed E-state index contributed by atoms with van der Waals surface area (Å²) < 4.78 is 5.93. The van der Waals surface area contributed by atoms with Crippen molar-refractivity contribution < 1.29 is 9.84 Å². The summed E-state index contributed by atoms with van der Waals surface area (Å²) in [4.78, 5) is 0. The lowest BCUT2D eigenvalue weighted by Gasteiger charge is -2.14. The van der Waals surface area contributed by atoms with E-state index >= 15 is 0 Å². The van der Waals surface area contributed by atoms with Gasteiger partial charge >= 0.3 is 0 Å². The Balaban J connectivity index is 2.11. The molecule has 0 amide bonds. The van der Waals surface area contributed by atoms with Crippen LogP contribution < -0.4 is 4.74 Å². The maximum atomic E-state index is 10.6. The molecular formula is C22H26O2. The van der Waals surface area contributed by atoms with Gasteiger partial charge < -0.3 is 9.84 Å². The first-order valence-corrected chi connectivity index (χ1v) is 8.37. The van der Waals surface area contributed by atoms with E-state index in [0.29, 0.717) is 5.75 Å². The normalized spacial score (nSPS) is 12.6. The summed E-state index contributed by atoms with van der Waals surface area (Å²) in [7, 11) is 0. The Kier molecular flexibility index (Phi) is 6.83. The van der Waals surface area contributed by atoms with Gasteiger partial charge in [-0.05, 0) is 51.8 Å². The molecule has 0 aliphatic heterocycles. The van der Waals surface area contributed by atoms with Crippen LogP contribution in [0.15, 0.2) is 77.9 Å². The molecule has 1 N–H and O–H groups in total. The van der Waals surface area contributed by atoms with Crippen LogP contribution in [0.2, 0.25) is 0 Å². The van der Waals surface area contributed by atoms with Gasteiger partial charge in [-0.15, -0.1) is 0 Å². The van der Waals surface area contributed by atoms with Gasteiger partial charge in [-0.2, -0.15) is 0 Å². The Morgan fingerprint density at radius 3 is 2.38 bits per heavy atom. The first-order chi connectivity index (χ1) is 11.6. The van der Waals surface area contributed by atoms with Crippen molar-refractivity contribution in [2.45, 2.75) is 39.7 Å². The molecule has 0 aliphatic carbocycles. The fourth-order valence-corrected chi connectivity index (χ4v) is 2.46. The lowest BCUT2D eigenvalue weighted by Crippen LogP contribution is -1.98. The number of aliphatic hydroxyl groups excluding tert-OH is 1. The molecule has 1 unspecified atom stereocenters. The lowest BCUT2D eigenvalue weighted by molar-refractivity contribution is 0.223. The van der Waals surface area contributed by atoms with Crippen LogP contribution in [0.3, 0.4) is 0 Å². The van der Waals surface area contributed by atoms with Crippen molar-refractivity contribution >= 4 is 0 Å². The van der Waals surface area contributed by atoms with Gasteiger partial charge in [0.05, 0.1) is 0 Å². The van der Waals surface area contributed by atoms with Crippen LogP contribution in [0.4, 0.5) is 0 Å². The highest BCUT2D eigenvalue weighted by Crippen LogP contribution is 2.30. The molecule has 2 aromatic rings. The molecule has 0 aliphatic rings. The van der Waals surface area contributed by atoms with Crippen LogP contribution in [0, 0.1) is 0 Å². The summed E-state index contributed by atoms with van der Waals surface area (Å²) in [6, 6.07) is 17.3. The average molecular weight is 322 g/mol. The summed E-state index contributed by atoms with van der Waals surface area (Å²) in [6.07, 6.45) is 5.41. The first kappa shape index (κ1) is 18.0. The number of hydrogen-bond acceptors (Lipinski definition) is 2.